The summed E-state index contributed by atoms with van der Waals surface area (Å²) in [5.74, 6) is 1.93. The van der Waals surface area contributed by atoms with Crippen molar-refractivity contribution in [3.8, 4) is 5.75 Å². The molecule has 0 radical (unpaired) electrons. The van der Waals surface area contributed by atoms with Gasteiger partial charge in [0, 0.05) is 38.2 Å². The number of hydrogen-bond acceptors (Lipinski definition) is 3. The Kier molecular flexibility index (Phi) is 5.84. The van der Waals surface area contributed by atoms with Crippen LogP contribution in [0.2, 0.25) is 0 Å². The first kappa shape index (κ1) is 19.5. The maximum Gasteiger partial charge on any atom is 0.253 e. The molecular formula is C24H28N2O3. The molecule has 2 atom stereocenters. The number of piperidine rings is 1. The second-order valence-electron chi connectivity index (χ2n) is 8.08. The molecule has 2 aromatic carbocycles. The minimum Gasteiger partial charge on any atom is -0.497 e. The van der Waals surface area contributed by atoms with Gasteiger partial charge in [-0.25, -0.2) is 0 Å². The maximum atomic E-state index is 12.9. The molecule has 2 aliphatic rings. The number of fused-ring (bicyclic) bond motifs is 1. The number of hydrogen-bond donors (Lipinski definition) is 0. The van der Waals surface area contributed by atoms with E-state index < -0.39 is 0 Å². The van der Waals surface area contributed by atoms with Crippen LogP contribution in [-0.2, 0) is 11.3 Å². The smallest absolute Gasteiger partial charge is 0.253 e. The molecule has 0 bridgehead atoms. The van der Waals surface area contributed by atoms with Gasteiger partial charge >= 0.3 is 0 Å². The van der Waals surface area contributed by atoms with Crippen LogP contribution in [0.3, 0.4) is 0 Å². The lowest BCUT2D eigenvalue weighted by molar-refractivity contribution is -0.132. The highest BCUT2D eigenvalue weighted by Crippen LogP contribution is 2.33. The number of methoxy groups -OCH3 is 1. The highest BCUT2D eigenvalue weighted by molar-refractivity contribution is 5.94. The van der Waals surface area contributed by atoms with E-state index in [0.717, 1.165) is 49.4 Å². The van der Waals surface area contributed by atoms with Crippen LogP contribution in [0.15, 0.2) is 54.6 Å². The van der Waals surface area contributed by atoms with Crippen molar-refractivity contribution in [1.82, 2.24) is 9.80 Å². The van der Waals surface area contributed by atoms with Gasteiger partial charge in [-0.3, -0.25) is 9.59 Å². The van der Waals surface area contributed by atoms with Crippen molar-refractivity contribution in [2.75, 3.05) is 26.7 Å². The Morgan fingerprint density at radius 2 is 1.72 bits per heavy atom. The molecule has 152 valence electrons. The topological polar surface area (TPSA) is 49.9 Å². The summed E-state index contributed by atoms with van der Waals surface area (Å²) < 4.78 is 5.21. The van der Waals surface area contributed by atoms with E-state index in [1.807, 2.05) is 64.4 Å². The number of ether oxygens (including phenoxy) is 1. The van der Waals surface area contributed by atoms with Gasteiger partial charge in [0.15, 0.2) is 0 Å². The molecule has 0 unspecified atom stereocenters. The molecule has 2 saturated heterocycles. The Morgan fingerprint density at radius 1 is 1.00 bits per heavy atom. The van der Waals surface area contributed by atoms with Crippen LogP contribution in [-0.4, -0.2) is 48.4 Å². The predicted octanol–water partition coefficient (Wildman–Crippen LogP) is 3.60. The van der Waals surface area contributed by atoms with Gasteiger partial charge in [0.2, 0.25) is 5.91 Å². The molecule has 4 rings (SSSR count). The van der Waals surface area contributed by atoms with Crippen molar-refractivity contribution in [2.24, 2.45) is 11.8 Å². The first-order valence-corrected chi connectivity index (χ1v) is 10.4. The van der Waals surface area contributed by atoms with Crippen LogP contribution in [0.5, 0.6) is 5.75 Å². The number of likely N-dealkylation sites (tertiary alicyclic amines) is 2. The Hall–Kier alpha value is -2.82. The molecule has 0 aliphatic carbocycles. The maximum absolute atomic E-state index is 12.9. The van der Waals surface area contributed by atoms with E-state index in [-0.39, 0.29) is 11.8 Å². The van der Waals surface area contributed by atoms with Crippen molar-refractivity contribution >= 4 is 11.8 Å². The lowest BCUT2D eigenvalue weighted by Gasteiger charge is -2.37. The first-order valence-electron chi connectivity index (χ1n) is 10.4. The van der Waals surface area contributed by atoms with Crippen molar-refractivity contribution < 1.29 is 14.3 Å². The lowest BCUT2D eigenvalue weighted by atomic mass is 9.82. The molecular weight excluding hydrogens is 364 g/mol. The van der Waals surface area contributed by atoms with E-state index >= 15 is 0 Å². The minimum absolute atomic E-state index is 0.106. The van der Waals surface area contributed by atoms with Crippen molar-refractivity contribution in [2.45, 2.75) is 25.8 Å². The Bertz CT molecular complexity index is 850. The molecule has 2 aromatic rings. The summed E-state index contributed by atoms with van der Waals surface area (Å²) in [5.41, 5.74) is 1.86. The van der Waals surface area contributed by atoms with E-state index in [4.69, 9.17) is 4.74 Å². The molecule has 2 fully saturated rings. The zero-order valence-electron chi connectivity index (χ0n) is 16.9. The van der Waals surface area contributed by atoms with Gasteiger partial charge in [-0.15, -0.1) is 0 Å². The Labute approximate surface area is 172 Å². The third kappa shape index (κ3) is 4.44. The van der Waals surface area contributed by atoms with E-state index in [2.05, 4.69) is 0 Å². The summed E-state index contributed by atoms with van der Waals surface area (Å²) >= 11 is 0. The number of amides is 2. The van der Waals surface area contributed by atoms with Gasteiger partial charge < -0.3 is 14.5 Å². The summed E-state index contributed by atoms with van der Waals surface area (Å²) in [4.78, 5) is 29.6. The Morgan fingerprint density at radius 3 is 2.45 bits per heavy atom. The summed E-state index contributed by atoms with van der Waals surface area (Å²) in [6, 6.07) is 17.4. The van der Waals surface area contributed by atoms with Crippen molar-refractivity contribution in [3.63, 3.8) is 0 Å². The molecule has 0 saturated carbocycles. The summed E-state index contributed by atoms with van der Waals surface area (Å²) in [6.07, 6.45) is 2.45. The monoisotopic (exact) mass is 392 g/mol. The largest absolute Gasteiger partial charge is 0.497 e. The fourth-order valence-corrected chi connectivity index (χ4v) is 4.54. The molecule has 5 heteroatoms. The number of carbonyl (C=O) groups excluding carboxylic acids is 2. The fraction of sp³-hybridized carbons (Fsp3) is 0.417. The molecule has 2 heterocycles. The molecule has 5 nitrogen and oxygen atoms in total. The highest BCUT2D eigenvalue weighted by Gasteiger charge is 2.36. The standard InChI is InChI=1S/C24H28N2O3/c1-29-22-9-7-18(8-10-22)16-25-13-12-21-17-26(14-11-20(21)15-23(25)27)24(28)19-5-3-2-4-6-19/h2-10,20-21H,11-17H2,1H3/t20-,21+/m0/s1. The summed E-state index contributed by atoms with van der Waals surface area (Å²) in [6.45, 7) is 2.87. The van der Waals surface area contributed by atoms with Crippen LogP contribution < -0.4 is 4.74 Å². The van der Waals surface area contributed by atoms with Gasteiger partial charge in [-0.2, -0.15) is 0 Å². The van der Waals surface area contributed by atoms with Crippen LogP contribution in [0.25, 0.3) is 0 Å². The average molecular weight is 392 g/mol. The molecule has 0 aromatic heterocycles. The second kappa shape index (κ2) is 8.68. The average Bonchev–Trinajstić information content (AvgIpc) is 2.92. The third-order valence-electron chi connectivity index (χ3n) is 6.29. The van der Waals surface area contributed by atoms with Gasteiger partial charge in [0.1, 0.15) is 5.75 Å². The lowest BCUT2D eigenvalue weighted by Crippen LogP contribution is -2.43. The van der Waals surface area contributed by atoms with Crippen molar-refractivity contribution in [1.29, 1.82) is 0 Å². The second-order valence-corrected chi connectivity index (χ2v) is 8.08. The molecule has 2 aliphatic heterocycles. The predicted molar refractivity (Wildman–Crippen MR) is 112 cm³/mol. The molecule has 0 N–H and O–H groups in total. The number of nitrogens with zero attached hydrogens (tertiary/aromatic N) is 2. The van der Waals surface area contributed by atoms with Gasteiger partial charge in [-0.1, -0.05) is 30.3 Å². The zero-order chi connectivity index (χ0) is 20.2. The van der Waals surface area contributed by atoms with Crippen LogP contribution in [0.1, 0.15) is 35.2 Å². The third-order valence-corrected chi connectivity index (χ3v) is 6.29. The first-order chi connectivity index (χ1) is 14.1. The number of benzene rings is 2. The quantitative estimate of drug-likeness (QED) is 0.799. The molecule has 2 amide bonds. The van der Waals surface area contributed by atoms with Crippen molar-refractivity contribution in [3.05, 3.63) is 65.7 Å². The molecule has 0 spiro atoms. The zero-order valence-corrected chi connectivity index (χ0v) is 16.9. The highest BCUT2D eigenvalue weighted by atomic mass is 16.5. The molecule has 29 heavy (non-hydrogen) atoms. The van der Waals surface area contributed by atoms with E-state index in [9.17, 15) is 9.59 Å². The Balaban J connectivity index is 1.39. The van der Waals surface area contributed by atoms with Crippen LogP contribution in [0.4, 0.5) is 0 Å². The van der Waals surface area contributed by atoms with Crippen LogP contribution in [0, 0.1) is 11.8 Å². The van der Waals surface area contributed by atoms with E-state index in [0.29, 0.717) is 24.8 Å². The SMILES string of the molecule is COc1ccc(CN2CC[C@@H]3CN(C(=O)c4ccccc4)CC[C@H]3CC2=O)cc1. The normalized spacial score (nSPS) is 22.0. The van der Waals surface area contributed by atoms with E-state index in [1.54, 1.807) is 7.11 Å². The minimum atomic E-state index is 0.106. The summed E-state index contributed by atoms with van der Waals surface area (Å²) in [7, 11) is 1.65. The van der Waals surface area contributed by atoms with E-state index in [1.165, 1.54) is 0 Å². The number of carbonyl (C=O) groups is 2. The van der Waals surface area contributed by atoms with Gasteiger partial charge in [0.25, 0.3) is 5.91 Å². The fourth-order valence-electron chi connectivity index (χ4n) is 4.54. The summed E-state index contributed by atoms with van der Waals surface area (Å²) in [5, 5.41) is 0. The number of rotatable bonds is 4. The van der Waals surface area contributed by atoms with Gasteiger partial charge in [-0.05, 0) is 54.5 Å². The van der Waals surface area contributed by atoms with Crippen LogP contribution >= 0.6 is 0 Å². The van der Waals surface area contributed by atoms with Gasteiger partial charge in [0.05, 0.1) is 7.11 Å².